The molecule has 10 rings (SSSR count). The predicted octanol–water partition coefficient (Wildman–Crippen LogP) is 12.9. The molecule has 0 atom stereocenters. The van der Waals surface area contributed by atoms with Gasteiger partial charge in [-0.25, -0.2) is 9.97 Å². The second-order valence-corrected chi connectivity index (χ2v) is 14.2. The van der Waals surface area contributed by atoms with Crippen LogP contribution >= 0.6 is 0 Å². The van der Waals surface area contributed by atoms with Crippen molar-refractivity contribution in [1.29, 1.82) is 0 Å². The second kappa shape index (κ2) is 11.3. The maximum Gasteiger partial charge on any atom is 0.161 e. The lowest BCUT2D eigenvalue weighted by Crippen LogP contribution is -2.15. The third-order valence-corrected chi connectivity index (χ3v) is 10.9. The summed E-state index contributed by atoms with van der Waals surface area (Å²) in [6, 6.07) is 61.2. The van der Waals surface area contributed by atoms with Crippen LogP contribution in [0.25, 0.3) is 88.5 Å². The molecular formula is C49H34N2. The first kappa shape index (κ1) is 29.5. The van der Waals surface area contributed by atoms with Gasteiger partial charge in [0, 0.05) is 22.1 Å². The number of fused-ring (bicyclic) bond motifs is 7. The van der Waals surface area contributed by atoms with Crippen LogP contribution in [0.2, 0.25) is 0 Å². The van der Waals surface area contributed by atoms with Crippen LogP contribution in [0.4, 0.5) is 0 Å². The van der Waals surface area contributed by atoms with Crippen molar-refractivity contribution in [3.05, 3.63) is 181 Å². The standard InChI is InChI=1S/C49H34N2/c1-49(2)44-28-24-34(29-43(44)41-25-23-32-14-7-9-19-37(32)47(41)49)36-26-27-40(39-21-11-10-20-38(36)39)46-30-45(33-15-4-3-5-16-33)50-48(51-46)42-22-12-17-31-13-6-8-18-35(31)42/h3-30H,1-2H3. The molecule has 0 unspecified atom stereocenters. The van der Waals surface area contributed by atoms with Crippen LogP contribution in [0.15, 0.2) is 170 Å². The average molecular weight is 651 g/mol. The van der Waals surface area contributed by atoms with E-state index in [0.717, 1.165) is 39.3 Å². The van der Waals surface area contributed by atoms with Gasteiger partial charge in [-0.05, 0) is 77.8 Å². The van der Waals surface area contributed by atoms with E-state index in [9.17, 15) is 0 Å². The van der Waals surface area contributed by atoms with Crippen LogP contribution < -0.4 is 0 Å². The van der Waals surface area contributed by atoms with E-state index < -0.39 is 0 Å². The van der Waals surface area contributed by atoms with Crippen LogP contribution in [-0.4, -0.2) is 9.97 Å². The molecule has 1 aromatic heterocycles. The normalized spacial score (nSPS) is 13.1. The topological polar surface area (TPSA) is 25.8 Å². The third-order valence-electron chi connectivity index (χ3n) is 10.9. The van der Waals surface area contributed by atoms with Crippen molar-refractivity contribution in [2.75, 3.05) is 0 Å². The van der Waals surface area contributed by atoms with Gasteiger partial charge in [0.05, 0.1) is 11.4 Å². The summed E-state index contributed by atoms with van der Waals surface area (Å²) in [5.41, 5.74) is 12.8. The van der Waals surface area contributed by atoms with Gasteiger partial charge in [-0.1, -0.05) is 172 Å². The zero-order valence-electron chi connectivity index (χ0n) is 28.6. The van der Waals surface area contributed by atoms with Crippen LogP contribution in [-0.2, 0) is 5.41 Å². The molecule has 240 valence electrons. The van der Waals surface area contributed by atoms with Gasteiger partial charge in [-0.3, -0.25) is 0 Å². The average Bonchev–Trinajstić information content (AvgIpc) is 3.43. The van der Waals surface area contributed by atoms with Gasteiger partial charge in [0.15, 0.2) is 5.82 Å². The van der Waals surface area contributed by atoms with Gasteiger partial charge in [-0.2, -0.15) is 0 Å². The number of benzene rings is 8. The summed E-state index contributed by atoms with van der Waals surface area (Å²) >= 11 is 0. The van der Waals surface area contributed by atoms with E-state index in [-0.39, 0.29) is 5.41 Å². The third kappa shape index (κ3) is 4.64. The number of aromatic nitrogens is 2. The molecule has 2 nitrogen and oxygen atoms in total. The SMILES string of the molecule is CC1(C)c2ccc(-c3ccc(-c4cc(-c5ccccc5)nc(-c5cccc6ccccc56)n4)c4ccccc34)cc2-c2ccc3ccccc3c21. The molecule has 0 amide bonds. The minimum absolute atomic E-state index is 0.0821. The quantitative estimate of drug-likeness (QED) is 0.189. The molecule has 51 heavy (non-hydrogen) atoms. The summed E-state index contributed by atoms with van der Waals surface area (Å²) in [6.07, 6.45) is 0. The first-order valence-corrected chi connectivity index (χ1v) is 17.7. The van der Waals surface area contributed by atoms with Crippen molar-refractivity contribution in [3.8, 4) is 56.2 Å². The maximum atomic E-state index is 5.30. The molecule has 1 heterocycles. The highest BCUT2D eigenvalue weighted by molar-refractivity contribution is 6.06. The van der Waals surface area contributed by atoms with Crippen molar-refractivity contribution < 1.29 is 0 Å². The largest absolute Gasteiger partial charge is 0.228 e. The van der Waals surface area contributed by atoms with E-state index in [4.69, 9.17) is 9.97 Å². The lowest BCUT2D eigenvalue weighted by atomic mass is 9.80. The molecule has 0 fully saturated rings. The zero-order valence-corrected chi connectivity index (χ0v) is 28.6. The Morgan fingerprint density at radius 2 is 0.980 bits per heavy atom. The van der Waals surface area contributed by atoms with Gasteiger partial charge in [-0.15, -0.1) is 0 Å². The molecular weight excluding hydrogens is 617 g/mol. The van der Waals surface area contributed by atoms with E-state index in [2.05, 4.69) is 178 Å². The Kier molecular flexibility index (Phi) is 6.56. The van der Waals surface area contributed by atoms with Gasteiger partial charge >= 0.3 is 0 Å². The Morgan fingerprint density at radius 1 is 0.373 bits per heavy atom. The predicted molar refractivity (Wildman–Crippen MR) is 214 cm³/mol. The minimum Gasteiger partial charge on any atom is -0.228 e. The Balaban J connectivity index is 1.16. The Labute approximate surface area is 297 Å². The maximum absolute atomic E-state index is 5.30. The first-order chi connectivity index (χ1) is 25.0. The molecule has 0 saturated carbocycles. The van der Waals surface area contributed by atoms with E-state index in [1.807, 2.05) is 6.07 Å². The molecule has 8 aromatic carbocycles. The highest BCUT2D eigenvalue weighted by atomic mass is 14.9. The molecule has 0 saturated heterocycles. The lowest BCUT2D eigenvalue weighted by Gasteiger charge is -2.23. The fourth-order valence-electron chi connectivity index (χ4n) is 8.44. The Bertz CT molecular complexity index is 2820. The number of nitrogens with zero attached hydrogens (tertiary/aromatic N) is 2. The smallest absolute Gasteiger partial charge is 0.161 e. The molecule has 0 bridgehead atoms. The van der Waals surface area contributed by atoms with Crippen LogP contribution in [0.5, 0.6) is 0 Å². The van der Waals surface area contributed by atoms with Gasteiger partial charge in [0.2, 0.25) is 0 Å². The summed E-state index contributed by atoms with van der Waals surface area (Å²) in [5.74, 6) is 0.726. The molecule has 1 aliphatic rings. The fraction of sp³-hybridized carbons (Fsp3) is 0.0612. The molecule has 0 aliphatic heterocycles. The van der Waals surface area contributed by atoms with Gasteiger partial charge in [0.25, 0.3) is 0 Å². The number of hydrogen-bond donors (Lipinski definition) is 0. The molecule has 1 aliphatic carbocycles. The Morgan fingerprint density at radius 3 is 1.78 bits per heavy atom. The van der Waals surface area contributed by atoms with Crippen LogP contribution in [0.1, 0.15) is 25.0 Å². The second-order valence-electron chi connectivity index (χ2n) is 14.2. The van der Waals surface area contributed by atoms with E-state index >= 15 is 0 Å². The summed E-state index contributed by atoms with van der Waals surface area (Å²) < 4.78 is 0. The van der Waals surface area contributed by atoms with Gasteiger partial charge in [0.1, 0.15) is 0 Å². The zero-order chi connectivity index (χ0) is 34.1. The van der Waals surface area contributed by atoms with Crippen molar-refractivity contribution in [2.45, 2.75) is 19.3 Å². The van der Waals surface area contributed by atoms with Crippen molar-refractivity contribution in [1.82, 2.24) is 9.97 Å². The molecule has 0 radical (unpaired) electrons. The molecule has 2 heteroatoms. The van der Waals surface area contributed by atoms with Crippen molar-refractivity contribution >= 4 is 32.3 Å². The van der Waals surface area contributed by atoms with Gasteiger partial charge < -0.3 is 0 Å². The summed E-state index contributed by atoms with van der Waals surface area (Å²) in [4.78, 5) is 10.5. The first-order valence-electron chi connectivity index (χ1n) is 17.7. The van der Waals surface area contributed by atoms with Crippen LogP contribution in [0.3, 0.4) is 0 Å². The molecule has 0 N–H and O–H groups in total. The fourth-order valence-corrected chi connectivity index (χ4v) is 8.44. The minimum atomic E-state index is -0.0821. The summed E-state index contributed by atoms with van der Waals surface area (Å²) in [6.45, 7) is 4.73. The summed E-state index contributed by atoms with van der Waals surface area (Å²) in [5, 5.41) is 7.33. The monoisotopic (exact) mass is 650 g/mol. The van der Waals surface area contributed by atoms with Crippen molar-refractivity contribution in [3.63, 3.8) is 0 Å². The molecule has 9 aromatic rings. The summed E-state index contributed by atoms with van der Waals surface area (Å²) in [7, 11) is 0. The molecule has 0 spiro atoms. The van der Waals surface area contributed by atoms with E-state index in [1.165, 1.54) is 60.3 Å². The highest BCUT2D eigenvalue weighted by Crippen LogP contribution is 2.52. The van der Waals surface area contributed by atoms with Crippen molar-refractivity contribution in [2.24, 2.45) is 0 Å². The Hall–Kier alpha value is -6.38. The highest BCUT2D eigenvalue weighted by Gasteiger charge is 2.37. The number of rotatable bonds is 4. The number of hydrogen-bond acceptors (Lipinski definition) is 2. The van der Waals surface area contributed by atoms with E-state index in [0.29, 0.717) is 0 Å². The lowest BCUT2D eigenvalue weighted by molar-refractivity contribution is 0.666. The van der Waals surface area contributed by atoms with E-state index in [1.54, 1.807) is 0 Å². The van der Waals surface area contributed by atoms with Crippen LogP contribution in [0, 0.1) is 0 Å².